The Balaban J connectivity index is 0.00000264. The molecule has 0 spiro atoms. The number of thioether (sulfide) groups is 1. The van der Waals surface area contributed by atoms with Gasteiger partial charge in [0, 0.05) is 32.0 Å². The van der Waals surface area contributed by atoms with Crippen LogP contribution in [-0.2, 0) is 17.9 Å². The Bertz CT molecular complexity index is 479. The quantitative estimate of drug-likeness (QED) is 0.381. The standard InChI is InChI=1S/C17H27N3OS.HI/c1-3-21-13-15-8-5-4-7-14(15)11-19-17(18-2)20-12-16-9-6-10-22-16;/h4-5,7-8,16H,3,6,9-13H2,1-2H3,(H2,18,19,20);1H. The third-order valence-corrected chi connectivity index (χ3v) is 5.17. The van der Waals surface area contributed by atoms with Crippen LogP contribution in [0.15, 0.2) is 29.3 Å². The number of hydrogen-bond donors (Lipinski definition) is 2. The number of nitrogens with one attached hydrogen (secondary N) is 2. The van der Waals surface area contributed by atoms with Gasteiger partial charge in [0.25, 0.3) is 0 Å². The highest BCUT2D eigenvalue weighted by molar-refractivity contribution is 14.0. The van der Waals surface area contributed by atoms with E-state index in [2.05, 4.69) is 51.7 Å². The zero-order valence-corrected chi connectivity index (χ0v) is 17.2. The van der Waals surface area contributed by atoms with Gasteiger partial charge in [-0.25, -0.2) is 0 Å². The maximum absolute atomic E-state index is 5.53. The molecular formula is C17H28IN3OS. The predicted octanol–water partition coefficient (Wildman–Crippen LogP) is 3.40. The maximum Gasteiger partial charge on any atom is 0.191 e. The first-order valence-corrected chi connectivity index (χ1v) is 9.09. The molecule has 23 heavy (non-hydrogen) atoms. The van der Waals surface area contributed by atoms with Crippen molar-refractivity contribution in [2.75, 3.05) is 26.0 Å². The summed E-state index contributed by atoms with van der Waals surface area (Å²) >= 11 is 2.06. The van der Waals surface area contributed by atoms with Gasteiger partial charge in [-0.1, -0.05) is 24.3 Å². The Morgan fingerprint density at radius 1 is 1.30 bits per heavy atom. The Kier molecular flexibility index (Phi) is 10.7. The highest BCUT2D eigenvalue weighted by Crippen LogP contribution is 2.25. The lowest BCUT2D eigenvalue weighted by Gasteiger charge is -2.16. The molecule has 1 aromatic carbocycles. The van der Waals surface area contributed by atoms with Crippen molar-refractivity contribution in [3.05, 3.63) is 35.4 Å². The second-order valence-electron chi connectivity index (χ2n) is 5.35. The fraction of sp³-hybridized carbons (Fsp3) is 0.588. The Morgan fingerprint density at radius 3 is 2.74 bits per heavy atom. The fourth-order valence-corrected chi connectivity index (χ4v) is 3.70. The molecule has 1 aromatic rings. The van der Waals surface area contributed by atoms with Gasteiger partial charge < -0.3 is 15.4 Å². The molecule has 0 bridgehead atoms. The van der Waals surface area contributed by atoms with Gasteiger partial charge in [-0.15, -0.1) is 24.0 Å². The van der Waals surface area contributed by atoms with E-state index in [-0.39, 0.29) is 24.0 Å². The molecular weight excluding hydrogens is 421 g/mol. The summed E-state index contributed by atoms with van der Waals surface area (Å²) in [7, 11) is 1.82. The molecule has 1 aliphatic rings. The van der Waals surface area contributed by atoms with E-state index < -0.39 is 0 Å². The summed E-state index contributed by atoms with van der Waals surface area (Å²) in [6, 6.07) is 8.39. The van der Waals surface area contributed by atoms with E-state index in [9.17, 15) is 0 Å². The molecule has 0 radical (unpaired) electrons. The number of aliphatic imine (C=N–C) groups is 1. The molecule has 130 valence electrons. The molecule has 0 amide bonds. The van der Waals surface area contributed by atoms with Crippen molar-refractivity contribution in [3.63, 3.8) is 0 Å². The Morgan fingerprint density at radius 2 is 2.09 bits per heavy atom. The molecule has 1 unspecified atom stereocenters. The summed E-state index contributed by atoms with van der Waals surface area (Å²) in [4.78, 5) is 4.31. The van der Waals surface area contributed by atoms with Crippen LogP contribution in [0.25, 0.3) is 0 Å². The van der Waals surface area contributed by atoms with Crippen LogP contribution in [0.4, 0.5) is 0 Å². The molecule has 4 nitrogen and oxygen atoms in total. The summed E-state index contributed by atoms with van der Waals surface area (Å²) < 4.78 is 5.53. The van der Waals surface area contributed by atoms with Crippen molar-refractivity contribution in [1.82, 2.24) is 10.6 Å². The zero-order valence-electron chi connectivity index (χ0n) is 14.0. The van der Waals surface area contributed by atoms with Crippen LogP contribution in [0, 0.1) is 0 Å². The number of nitrogens with zero attached hydrogens (tertiary/aromatic N) is 1. The Hall–Kier alpha value is -0.470. The van der Waals surface area contributed by atoms with E-state index in [0.29, 0.717) is 6.61 Å². The van der Waals surface area contributed by atoms with Gasteiger partial charge in [0.2, 0.25) is 0 Å². The SMILES string of the molecule is CCOCc1ccccc1CNC(=NC)NCC1CCCS1.I. The molecule has 1 heterocycles. The van der Waals surface area contributed by atoms with Crippen LogP contribution in [0.3, 0.4) is 0 Å². The molecule has 1 fully saturated rings. The third kappa shape index (κ3) is 7.30. The number of guanidine groups is 1. The van der Waals surface area contributed by atoms with Crippen molar-refractivity contribution in [1.29, 1.82) is 0 Å². The van der Waals surface area contributed by atoms with Gasteiger partial charge in [0.15, 0.2) is 5.96 Å². The molecule has 0 aliphatic carbocycles. The summed E-state index contributed by atoms with van der Waals surface area (Å²) in [6.45, 7) is 5.18. The molecule has 1 atom stereocenters. The summed E-state index contributed by atoms with van der Waals surface area (Å²) in [6.07, 6.45) is 2.65. The molecule has 1 aliphatic heterocycles. The minimum absolute atomic E-state index is 0. The molecule has 6 heteroatoms. The molecule has 2 rings (SSSR count). The first-order valence-electron chi connectivity index (χ1n) is 8.04. The van der Waals surface area contributed by atoms with Crippen LogP contribution in [0.1, 0.15) is 30.9 Å². The summed E-state index contributed by atoms with van der Waals surface area (Å²) in [5.74, 6) is 2.17. The lowest BCUT2D eigenvalue weighted by molar-refractivity contribution is 0.133. The van der Waals surface area contributed by atoms with Crippen LogP contribution >= 0.6 is 35.7 Å². The van der Waals surface area contributed by atoms with Crippen molar-refractivity contribution in [3.8, 4) is 0 Å². The summed E-state index contributed by atoms with van der Waals surface area (Å²) in [5, 5.41) is 7.56. The van der Waals surface area contributed by atoms with E-state index in [1.165, 1.54) is 29.7 Å². The second kappa shape index (κ2) is 12.0. The van der Waals surface area contributed by atoms with E-state index in [4.69, 9.17) is 4.74 Å². The minimum atomic E-state index is 0. The molecule has 1 saturated heterocycles. The molecule has 2 N–H and O–H groups in total. The van der Waals surface area contributed by atoms with E-state index in [1.807, 2.05) is 14.0 Å². The van der Waals surface area contributed by atoms with Gasteiger partial charge in [-0.2, -0.15) is 11.8 Å². The first-order chi connectivity index (χ1) is 10.8. The molecule has 0 aromatic heterocycles. The predicted molar refractivity (Wildman–Crippen MR) is 111 cm³/mol. The lowest BCUT2D eigenvalue weighted by Crippen LogP contribution is -2.39. The van der Waals surface area contributed by atoms with Crippen LogP contribution in [-0.4, -0.2) is 37.2 Å². The van der Waals surface area contributed by atoms with Gasteiger partial charge in [0.1, 0.15) is 0 Å². The van der Waals surface area contributed by atoms with Gasteiger partial charge in [-0.3, -0.25) is 4.99 Å². The van der Waals surface area contributed by atoms with Crippen molar-refractivity contribution in [2.45, 2.75) is 38.2 Å². The Labute approximate surface area is 161 Å². The number of halogens is 1. The largest absolute Gasteiger partial charge is 0.377 e. The van der Waals surface area contributed by atoms with Crippen molar-refractivity contribution in [2.24, 2.45) is 4.99 Å². The maximum atomic E-state index is 5.53. The summed E-state index contributed by atoms with van der Waals surface area (Å²) in [5.41, 5.74) is 2.49. The smallest absolute Gasteiger partial charge is 0.191 e. The highest BCUT2D eigenvalue weighted by Gasteiger charge is 2.15. The van der Waals surface area contributed by atoms with Crippen molar-refractivity contribution < 1.29 is 4.74 Å². The number of benzene rings is 1. The van der Waals surface area contributed by atoms with Gasteiger partial charge in [0.05, 0.1) is 6.61 Å². The minimum Gasteiger partial charge on any atom is -0.377 e. The molecule has 0 saturated carbocycles. The van der Waals surface area contributed by atoms with E-state index in [0.717, 1.165) is 30.9 Å². The zero-order chi connectivity index (χ0) is 15.6. The monoisotopic (exact) mass is 449 g/mol. The van der Waals surface area contributed by atoms with Crippen LogP contribution in [0.2, 0.25) is 0 Å². The van der Waals surface area contributed by atoms with Crippen LogP contribution in [0.5, 0.6) is 0 Å². The average molecular weight is 449 g/mol. The third-order valence-electron chi connectivity index (χ3n) is 3.77. The van der Waals surface area contributed by atoms with E-state index >= 15 is 0 Å². The van der Waals surface area contributed by atoms with Crippen molar-refractivity contribution >= 4 is 41.7 Å². The number of ether oxygens (including phenoxy) is 1. The lowest BCUT2D eigenvalue weighted by atomic mass is 10.1. The highest BCUT2D eigenvalue weighted by atomic mass is 127. The number of rotatable bonds is 7. The first kappa shape index (κ1) is 20.6. The topological polar surface area (TPSA) is 45.6 Å². The van der Waals surface area contributed by atoms with E-state index in [1.54, 1.807) is 0 Å². The number of hydrogen-bond acceptors (Lipinski definition) is 3. The average Bonchev–Trinajstić information content (AvgIpc) is 3.07. The van der Waals surface area contributed by atoms with Gasteiger partial charge >= 0.3 is 0 Å². The van der Waals surface area contributed by atoms with Gasteiger partial charge in [-0.05, 0) is 36.6 Å². The normalized spacial score (nSPS) is 17.7. The van der Waals surface area contributed by atoms with Crippen LogP contribution < -0.4 is 10.6 Å². The fourth-order valence-electron chi connectivity index (χ4n) is 2.50. The second-order valence-corrected chi connectivity index (χ2v) is 6.76.